The number of hydrogen-bond acceptors (Lipinski definition) is 6. The fraction of sp³-hybridized carbons (Fsp3) is 0.833. The molecule has 2 aliphatic rings. The average Bonchev–Trinajstić information content (AvgIpc) is 3.20. The molecule has 0 aromatic carbocycles. The third-order valence-corrected chi connectivity index (χ3v) is 5.75. The number of aromatic nitrogens is 2. The molecule has 1 aromatic rings. The molecule has 0 spiro atoms. The Hall–Kier alpha value is -0.990. The molecule has 0 N–H and O–H groups in total. The van der Waals surface area contributed by atoms with Gasteiger partial charge in [0.05, 0.1) is 12.3 Å². The van der Waals surface area contributed by atoms with Crippen LogP contribution in [0.2, 0.25) is 0 Å². The molecule has 20 heavy (non-hydrogen) atoms. The van der Waals surface area contributed by atoms with Crippen LogP contribution in [0.4, 0.5) is 0 Å². The molecule has 1 saturated carbocycles. The van der Waals surface area contributed by atoms with E-state index in [4.69, 9.17) is 4.52 Å². The molecule has 7 nitrogen and oxygen atoms in total. The van der Waals surface area contributed by atoms with Crippen molar-refractivity contribution in [2.45, 2.75) is 32.2 Å². The van der Waals surface area contributed by atoms with Gasteiger partial charge in [-0.1, -0.05) is 5.16 Å². The standard InChI is InChI=1S/C12H20N4O3S/c1-2-20(17,18)16-7-5-15(6-8-16)9-11-13-12(19-14-11)10-3-4-10/h10H,2-9H2,1H3. The molecule has 0 bridgehead atoms. The summed E-state index contributed by atoms with van der Waals surface area (Å²) in [5.41, 5.74) is 0. The minimum Gasteiger partial charge on any atom is -0.339 e. The van der Waals surface area contributed by atoms with Crippen molar-refractivity contribution < 1.29 is 12.9 Å². The summed E-state index contributed by atoms with van der Waals surface area (Å²) in [5.74, 6) is 2.11. The second-order valence-electron chi connectivity index (χ2n) is 5.40. The Morgan fingerprint density at radius 2 is 1.95 bits per heavy atom. The Bertz CT molecular complexity index is 559. The van der Waals surface area contributed by atoms with E-state index in [1.165, 1.54) is 0 Å². The average molecular weight is 300 g/mol. The fourth-order valence-electron chi connectivity index (χ4n) is 2.38. The molecule has 1 aliphatic carbocycles. The van der Waals surface area contributed by atoms with Gasteiger partial charge in [0.2, 0.25) is 15.9 Å². The van der Waals surface area contributed by atoms with Crippen molar-refractivity contribution >= 4 is 10.0 Å². The Morgan fingerprint density at radius 3 is 2.55 bits per heavy atom. The number of piperazine rings is 1. The molecule has 0 amide bonds. The van der Waals surface area contributed by atoms with Crippen molar-refractivity contribution in [3.63, 3.8) is 0 Å². The molecule has 1 aromatic heterocycles. The molecule has 112 valence electrons. The number of rotatable bonds is 5. The molecule has 8 heteroatoms. The van der Waals surface area contributed by atoms with Crippen LogP contribution in [0, 0.1) is 0 Å². The molecule has 2 fully saturated rings. The van der Waals surface area contributed by atoms with Gasteiger partial charge in [-0.25, -0.2) is 8.42 Å². The van der Waals surface area contributed by atoms with E-state index in [2.05, 4.69) is 15.0 Å². The van der Waals surface area contributed by atoms with Gasteiger partial charge in [-0.15, -0.1) is 0 Å². The highest BCUT2D eigenvalue weighted by Crippen LogP contribution is 2.38. The van der Waals surface area contributed by atoms with Gasteiger partial charge in [0.15, 0.2) is 5.82 Å². The lowest BCUT2D eigenvalue weighted by atomic mass is 10.3. The van der Waals surface area contributed by atoms with Gasteiger partial charge in [-0.05, 0) is 19.8 Å². The Morgan fingerprint density at radius 1 is 1.25 bits per heavy atom. The fourth-order valence-corrected chi connectivity index (χ4v) is 3.46. The minimum absolute atomic E-state index is 0.169. The normalized spacial score (nSPS) is 22.2. The molecule has 0 unspecified atom stereocenters. The van der Waals surface area contributed by atoms with Crippen LogP contribution < -0.4 is 0 Å². The van der Waals surface area contributed by atoms with E-state index in [9.17, 15) is 8.42 Å². The molecule has 0 radical (unpaired) electrons. The van der Waals surface area contributed by atoms with E-state index < -0.39 is 10.0 Å². The van der Waals surface area contributed by atoms with Crippen LogP contribution in [-0.2, 0) is 16.6 Å². The molecule has 1 aliphatic heterocycles. The molecular formula is C12H20N4O3S. The zero-order valence-corrected chi connectivity index (χ0v) is 12.5. The van der Waals surface area contributed by atoms with E-state index in [1.807, 2.05) is 0 Å². The highest BCUT2D eigenvalue weighted by atomic mass is 32.2. The van der Waals surface area contributed by atoms with Crippen molar-refractivity contribution in [3.05, 3.63) is 11.7 Å². The van der Waals surface area contributed by atoms with Gasteiger partial charge in [0.1, 0.15) is 0 Å². The molecule has 2 heterocycles. The van der Waals surface area contributed by atoms with Crippen LogP contribution >= 0.6 is 0 Å². The van der Waals surface area contributed by atoms with Crippen molar-refractivity contribution in [3.8, 4) is 0 Å². The van der Waals surface area contributed by atoms with E-state index in [0.29, 0.717) is 44.5 Å². The lowest BCUT2D eigenvalue weighted by Crippen LogP contribution is -2.48. The summed E-state index contributed by atoms with van der Waals surface area (Å²) in [4.78, 5) is 6.57. The van der Waals surface area contributed by atoms with E-state index in [0.717, 1.165) is 18.7 Å². The van der Waals surface area contributed by atoms with Crippen LogP contribution in [0.3, 0.4) is 0 Å². The Balaban J connectivity index is 1.53. The smallest absolute Gasteiger partial charge is 0.229 e. The van der Waals surface area contributed by atoms with Crippen LogP contribution in [0.15, 0.2) is 4.52 Å². The van der Waals surface area contributed by atoms with Gasteiger partial charge in [-0.3, -0.25) is 4.90 Å². The van der Waals surface area contributed by atoms with Gasteiger partial charge in [0.25, 0.3) is 0 Å². The first-order chi connectivity index (χ1) is 9.58. The summed E-state index contributed by atoms with van der Waals surface area (Å²) in [5, 5.41) is 4.00. The Labute approximate surface area is 119 Å². The van der Waals surface area contributed by atoms with Gasteiger partial charge in [-0.2, -0.15) is 9.29 Å². The maximum Gasteiger partial charge on any atom is 0.229 e. The number of nitrogens with zero attached hydrogens (tertiary/aromatic N) is 4. The predicted molar refractivity (Wildman–Crippen MR) is 72.6 cm³/mol. The van der Waals surface area contributed by atoms with E-state index in [1.54, 1.807) is 11.2 Å². The quantitative estimate of drug-likeness (QED) is 0.784. The molecular weight excluding hydrogens is 280 g/mol. The van der Waals surface area contributed by atoms with Crippen LogP contribution in [-0.4, -0.2) is 59.7 Å². The van der Waals surface area contributed by atoms with Crippen molar-refractivity contribution in [2.24, 2.45) is 0 Å². The van der Waals surface area contributed by atoms with Crippen LogP contribution in [0.5, 0.6) is 0 Å². The summed E-state index contributed by atoms with van der Waals surface area (Å²) in [6, 6.07) is 0. The van der Waals surface area contributed by atoms with Crippen LogP contribution in [0.1, 0.15) is 37.4 Å². The monoisotopic (exact) mass is 300 g/mol. The summed E-state index contributed by atoms with van der Waals surface area (Å²) >= 11 is 0. The van der Waals surface area contributed by atoms with Gasteiger partial charge in [0, 0.05) is 32.1 Å². The lowest BCUT2D eigenvalue weighted by Gasteiger charge is -2.32. The first-order valence-electron chi connectivity index (χ1n) is 7.11. The van der Waals surface area contributed by atoms with E-state index in [-0.39, 0.29) is 5.75 Å². The molecule has 0 atom stereocenters. The second-order valence-corrected chi connectivity index (χ2v) is 7.66. The predicted octanol–water partition coefficient (Wildman–Crippen LogP) is 0.414. The first-order valence-corrected chi connectivity index (χ1v) is 8.72. The highest BCUT2D eigenvalue weighted by Gasteiger charge is 2.30. The zero-order valence-electron chi connectivity index (χ0n) is 11.7. The minimum atomic E-state index is -3.06. The summed E-state index contributed by atoms with van der Waals surface area (Å²) in [6.07, 6.45) is 2.30. The highest BCUT2D eigenvalue weighted by molar-refractivity contribution is 7.89. The van der Waals surface area contributed by atoms with Crippen LogP contribution in [0.25, 0.3) is 0 Å². The summed E-state index contributed by atoms with van der Waals surface area (Å²) in [6.45, 7) is 4.84. The summed E-state index contributed by atoms with van der Waals surface area (Å²) < 4.78 is 30.3. The molecule has 1 saturated heterocycles. The maximum absolute atomic E-state index is 11.8. The second kappa shape index (κ2) is 5.42. The maximum atomic E-state index is 11.8. The topological polar surface area (TPSA) is 79.5 Å². The van der Waals surface area contributed by atoms with Gasteiger partial charge >= 0.3 is 0 Å². The SMILES string of the molecule is CCS(=O)(=O)N1CCN(Cc2noc(C3CC3)n2)CC1. The van der Waals surface area contributed by atoms with Crippen molar-refractivity contribution in [1.82, 2.24) is 19.3 Å². The molecule has 3 rings (SSSR count). The largest absolute Gasteiger partial charge is 0.339 e. The Kier molecular flexibility index (Phi) is 3.78. The number of hydrogen-bond donors (Lipinski definition) is 0. The van der Waals surface area contributed by atoms with Crippen molar-refractivity contribution in [1.29, 1.82) is 0 Å². The third-order valence-electron chi connectivity index (χ3n) is 3.86. The first kappa shape index (κ1) is 14.0. The summed E-state index contributed by atoms with van der Waals surface area (Å²) in [7, 11) is -3.06. The zero-order chi connectivity index (χ0) is 14.2. The third kappa shape index (κ3) is 3.02. The number of sulfonamides is 1. The van der Waals surface area contributed by atoms with Crippen molar-refractivity contribution in [2.75, 3.05) is 31.9 Å². The van der Waals surface area contributed by atoms with E-state index >= 15 is 0 Å². The van der Waals surface area contributed by atoms with Gasteiger partial charge < -0.3 is 4.52 Å². The lowest BCUT2D eigenvalue weighted by molar-refractivity contribution is 0.176.